The second-order valence-corrected chi connectivity index (χ2v) is 3.38. The molecule has 1 N–H and O–H groups in total. The molecule has 0 heterocycles. The van der Waals surface area contributed by atoms with Crippen molar-refractivity contribution in [2.24, 2.45) is 0 Å². The van der Waals surface area contributed by atoms with Crippen molar-refractivity contribution in [2.75, 3.05) is 7.05 Å². The third-order valence-corrected chi connectivity index (χ3v) is 2.01. The molecule has 0 bridgehead atoms. The summed E-state index contributed by atoms with van der Waals surface area (Å²) in [7, 11) is 1.58. The molecule has 0 aromatic heterocycles. The molecule has 0 radical (unpaired) electrons. The Hall–Kier alpha value is -0.870. The van der Waals surface area contributed by atoms with Crippen molar-refractivity contribution >= 4 is 11.3 Å². The molecule has 0 aliphatic carbocycles. The van der Waals surface area contributed by atoms with Gasteiger partial charge in [-0.1, -0.05) is 12.1 Å². The molecule has 0 fully saturated rings. The molecule has 1 aromatic rings. The lowest BCUT2D eigenvalue weighted by molar-refractivity contribution is 0.554. The summed E-state index contributed by atoms with van der Waals surface area (Å²) in [6, 6.07) is 7.41. The van der Waals surface area contributed by atoms with Crippen LogP contribution in [0.1, 0.15) is 5.56 Å². The molecule has 0 saturated heterocycles. The number of benzene rings is 1. The van der Waals surface area contributed by atoms with E-state index in [1.165, 1.54) is 0 Å². The predicted molar refractivity (Wildman–Crippen MR) is 49.0 cm³/mol. The van der Waals surface area contributed by atoms with Gasteiger partial charge in [0.2, 0.25) is 0 Å². The zero-order valence-corrected chi connectivity index (χ0v) is 7.85. The normalized spacial score (nSPS) is 12.5. The van der Waals surface area contributed by atoms with E-state index in [1.54, 1.807) is 13.1 Å². The highest BCUT2D eigenvalue weighted by Crippen LogP contribution is 2.12. The summed E-state index contributed by atoms with van der Waals surface area (Å²) < 4.78 is 18.4. The Bertz CT molecular complexity index is 288. The Balaban J connectivity index is 2.69. The van der Waals surface area contributed by atoms with E-state index in [1.807, 2.05) is 25.1 Å². The average molecular weight is 185 g/mol. The van der Waals surface area contributed by atoms with Gasteiger partial charge in [0.25, 0.3) is 11.3 Å². The van der Waals surface area contributed by atoms with Crippen LogP contribution in [0.2, 0.25) is 0 Å². The van der Waals surface area contributed by atoms with Crippen LogP contribution in [0.4, 0.5) is 0 Å². The standard InChI is InChI=1S/C8H11NO2S/c1-7-4-3-5-8(6-7)11-12(10)9-2/h3-6,9H,1-2H3. The molecule has 4 heteroatoms. The molecule has 0 aliphatic heterocycles. The van der Waals surface area contributed by atoms with Gasteiger partial charge in [-0.2, -0.15) is 4.21 Å². The summed E-state index contributed by atoms with van der Waals surface area (Å²) in [6.07, 6.45) is 0. The van der Waals surface area contributed by atoms with Crippen LogP contribution in [0.5, 0.6) is 5.75 Å². The lowest BCUT2D eigenvalue weighted by Gasteiger charge is -2.02. The van der Waals surface area contributed by atoms with Crippen molar-refractivity contribution in [3.63, 3.8) is 0 Å². The minimum atomic E-state index is -1.44. The van der Waals surface area contributed by atoms with Gasteiger partial charge in [0.05, 0.1) is 0 Å². The Morgan fingerprint density at radius 3 is 2.83 bits per heavy atom. The first-order valence-corrected chi connectivity index (χ1v) is 4.64. The molecule has 1 aromatic carbocycles. The number of hydrogen-bond donors (Lipinski definition) is 1. The van der Waals surface area contributed by atoms with Crippen molar-refractivity contribution in [1.29, 1.82) is 0 Å². The van der Waals surface area contributed by atoms with E-state index >= 15 is 0 Å². The fraction of sp³-hybridized carbons (Fsp3) is 0.250. The lowest BCUT2D eigenvalue weighted by atomic mass is 10.2. The Labute approximate surface area is 74.5 Å². The zero-order chi connectivity index (χ0) is 8.97. The molecular weight excluding hydrogens is 174 g/mol. The first-order valence-electron chi connectivity index (χ1n) is 3.56. The van der Waals surface area contributed by atoms with E-state index in [-0.39, 0.29) is 0 Å². The van der Waals surface area contributed by atoms with E-state index in [2.05, 4.69) is 4.72 Å². The monoisotopic (exact) mass is 185 g/mol. The van der Waals surface area contributed by atoms with Crippen LogP contribution in [0, 0.1) is 6.92 Å². The van der Waals surface area contributed by atoms with Crippen molar-refractivity contribution in [3.8, 4) is 5.75 Å². The minimum Gasteiger partial charge on any atom is -0.389 e. The summed E-state index contributed by atoms with van der Waals surface area (Å²) in [4.78, 5) is 0. The van der Waals surface area contributed by atoms with Gasteiger partial charge in [-0.05, 0) is 31.7 Å². The molecule has 0 spiro atoms. The third kappa shape index (κ3) is 2.64. The summed E-state index contributed by atoms with van der Waals surface area (Å²) in [5, 5.41) is 0. The van der Waals surface area contributed by atoms with Crippen LogP contribution in [-0.2, 0) is 11.3 Å². The molecule has 0 aliphatic rings. The zero-order valence-electron chi connectivity index (χ0n) is 7.03. The Morgan fingerprint density at radius 1 is 1.50 bits per heavy atom. The van der Waals surface area contributed by atoms with E-state index in [0.717, 1.165) is 5.56 Å². The first kappa shape index (κ1) is 9.22. The first-order chi connectivity index (χ1) is 5.72. The second-order valence-electron chi connectivity index (χ2n) is 2.34. The Kier molecular flexibility index (Phi) is 3.25. The SMILES string of the molecule is CNS(=O)Oc1cccc(C)c1. The average Bonchev–Trinajstić information content (AvgIpc) is 2.04. The van der Waals surface area contributed by atoms with Gasteiger partial charge >= 0.3 is 0 Å². The van der Waals surface area contributed by atoms with Gasteiger partial charge in [-0.15, -0.1) is 0 Å². The largest absolute Gasteiger partial charge is 0.389 e. The van der Waals surface area contributed by atoms with E-state index in [9.17, 15) is 4.21 Å². The predicted octanol–water partition coefficient (Wildman–Crippen LogP) is 1.17. The van der Waals surface area contributed by atoms with Crippen molar-refractivity contribution in [2.45, 2.75) is 6.92 Å². The fourth-order valence-electron chi connectivity index (χ4n) is 0.796. The van der Waals surface area contributed by atoms with Crippen LogP contribution in [-0.4, -0.2) is 11.3 Å². The van der Waals surface area contributed by atoms with Gasteiger partial charge in [0.15, 0.2) is 0 Å². The van der Waals surface area contributed by atoms with Gasteiger partial charge in [0, 0.05) is 0 Å². The molecule has 1 rings (SSSR count). The van der Waals surface area contributed by atoms with Crippen LogP contribution in [0.3, 0.4) is 0 Å². The van der Waals surface area contributed by atoms with E-state index in [4.69, 9.17) is 4.18 Å². The Morgan fingerprint density at radius 2 is 2.25 bits per heavy atom. The highest BCUT2D eigenvalue weighted by molar-refractivity contribution is 7.78. The summed E-state index contributed by atoms with van der Waals surface area (Å²) in [5.74, 6) is 0.614. The van der Waals surface area contributed by atoms with Crippen molar-refractivity contribution in [1.82, 2.24) is 4.72 Å². The second kappa shape index (κ2) is 4.23. The number of rotatable bonds is 3. The smallest absolute Gasteiger partial charge is 0.287 e. The molecular formula is C8H11NO2S. The van der Waals surface area contributed by atoms with Crippen LogP contribution in [0.15, 0.2) is 24.3 Å². The van der Waals surface area contributed by atoms with E-state index < -0.39 is 11.3 Å². The quantitative estimate of drug-likeness (QED) is 0.767. The molecule has 12 heavy (non-hydrogen) atoms. The third-order valence-electron chi connectivity index (χ3n) is 1.33. The summed E-state index contributed by atoms with van der Waals surface area (Å²) in [5.41, 5.74) is 1.08. The van der Waals surface area contributed by atoms with Crippen LogP contribution < -0.4 is 8.91 Å². The molecule has 0 saturated carbocycles. The number of hydrogen-bond acceptors (Lipinski definition) is 2. The molecule has 0 amide bonds. The molecule has 66 valence electrons. The highest BCUT2D eigenvalue weighted by Gasteiger charge is 1.97. The molecule has 1 unspecified atom stereocenters. The van der Waals surface area contributed by atoms with Gasteiger partial charge in [-0.3, -0.25) is 0 Å². The lowest BCUT2D eigenvalue weighted by Crippen LogP contribution is -2.16. The van der Waals surface area contributed by atoms with Crippen LogP contribution >= 0.6 is 0 Å². The van der Waals surface area contributed by atoms with Crippen molar-refractivity contribution < 1.29 is 8.39 Å². The maximum atomic E-state index is 10.9. The minimum absolute atomic E-state index is 0.614. The van der Waals surface area contributed by atoms with Crippen molar-refractivity contribution in [3.05, 3.63) is 29.8 Å². The summed E-state index contributed by atoms with van der Waals surface area (Å²) >= 11 is -1.44. The maximum absolute atomic E-state index is 10.9. The topological polar surface area (TPSA) is 38.3 Å². The van der Waals surface area contributed by atoms with Gasteiger partial charge in [-0.25, -0.2) is 4.72 Å². The van der Waals surface area contributed by atoms with Gasteiger partial charge in [0.1, 0.15) is 5.75 Å². The molecule has 1 atom stereocenters. The maximum Gasteiger partial charge on any atom is 0.287 e. The fourth-order valence-corrected chi connectivity index (χ4v) is 1.16. The number of aryl methyl sites for hydroxylation is 1. The van der Waals surface area contributed by atoms with Gasteiger partial charge < -0.3 is 4.18 Å². The number of nitrogens with one attached hydrogen (secondary N) is 1. The molecule has 3 nitrogen and oxygen atoms in total. The van der Waals surface area contributed by atoms with Crippen LogP contribution in [0.25, 0.3) is 0 Å². The van der Waals surface area contributed by atoms with E-state index in [0.29, 0.717) is 5.75 Å². The summed E-state index contributed by atoms with van der Waals surface area (Å²) in [6.45, 7) is 1.95. The highest BCUT2D eigenvalue weighted by atomic mass is 32.2.